The maximum atomic E-state index is 12.3. The third kappa shape index (κ3) is 4.79. The van der Waals surface area contributed by atoms with Gasteiger partial charge in [0, 0.05) is 17.0 Å². The second kappa shape index (κ2) is 8.11. The van der Waals surface area contributed by atoms with Crippen molar-refractivity contribution in [2.75, 3.05) is 0 Å². The summed E-state index contributed by atoms with van der Waals surface area (Å²) in [4.78, 5) is 16.5. The molecule has 5 heteroatoms. The molecule has 23 heavy (non-hydrogen) atoms. The number of rotatable bonds is 5. The molecule has 3 rings (SSSR count). The number of carbonyl (C=O) groups excluding carboxylic acids is 1. The van der Waals surface area contributed by atoms with Crippen molar-refractivity contribution < 1.29 is 9.53 Å². The first-order valence-corrected chi connectivity index (χ1v) is 9.16. The zero-order valence-corrected chi connectivity index (χ0v) is 14.0. The average molecular weight is 330 g/mol. The first-order chi connectivity index (χ1) is 11.3. The van der Waals surface area contributed by atoms with Gasteiger partial charge < -0.3 is 10.1 Å². The molecule has 0 saturated heterocycles. The van der Waals surface area contributed by atoms with E-state index in [4.69, 9.17) is 4.74 Å². The Hall–Kier alpha value is -1.88. The molecule has 4 nitrogen and oxygen atoms in total. The van der Waals surface area contributed by atoms with E-state index < -0.39 is 0 Å². The van der Waals surface area contributed by atoms with Gasteiger partial charge in [0.15, 0.2) is 0 Å². The number of amides is 1. The molecule has 1 amide bonds. The molecule has 0 radical (unpaired) electrons. The molecule has 1 aliphatic carbocycles. The molecule has 1 aromatic heterocycles. The zero-order chi connectivity index (χ0) is 15.9. The summed E-state index contributed by atoms with van der Waals surface area (Å²) in [5.41, 5.74) is 3.40. The van der Waals surface area contributed by atoms with Gasteiger partial charge in [-0.05, 0) is 37.1 Å². The summed E-state index contributed by atoms with van der Waals surface area (Å²) < 4.78 is 5.66. The molecule has 1 aromatic carbocycles. The van der Waals surface area contributed by atoms with Gasteiger partial charge in [-0.2, -0.15) is 0 Å². The maximum Gasteiger partial charge on any atom is 0.251 e. The Labute approximate surface area is 140 Å². The van der Waals surface area contributed by atoms with Crippen LogP contribution in [0, 0.1) is 0 Å². The number of carbonyl (C=O) groups is 1. The lowest BCUT2D eigenvalue weighted by atomic mass is 10.1. The van der Waals surface area contributed by atoms with Crippen LogP contribution in [0.1, 0.15) is 54.6 Å². The van der Waals surface area contributed by atoms with Crippen LogP contribution in [0.15, 0.2) is 35.2 Å². The molecule has 0 aliphatic heterocycles. The van der Waals surface area contributed by atoms with E-state index in [1.54, 1.807) is 16.8 Å². The molecule has 0 spiro atoms. The minimum absolute atomic E-state index is 0.0166. The van der Waals surface area contributed by atoms with Crippen molar-refractivity contribution in [2.24, 2.45) is 0 Å². The number of hydrogen-bond acceptors (Lipinski definition) is 4. The van der Waals surface area contributed by atoms with Crippen molar-refractivity contribution in [3.8, 4) is 5.75 Å². The van der Waals surface area contributed by atoms with Crippen LogP contribution in [0.4, 0.5) is 0 Å². The molecule has 0 atom stereocenters. The van der Waals surface area contributed by atoms with Crippen LogP contribution >= 0.6 is 11.3 Å². The Kier molecular flexibility index (Phi) is 5.64. The molecule has 122 valence electrons. The van der Waals surface area contributed by atoms with E-state index in [9.17, 15) is 4.79 Å². The van der Waals surface area contributed by atoms with Crippen molar-refractivity contribution in [1.82, 2.24) is 10.3 Å². The molecular weight excluding hydrogens is 308 g/mol. The Balaban J connectivity index is 1.52. The van der Waals surface area contributed by atoms with Crippen LogP contribution < -0.4 is 10.1 Å². The molecule has 0 unspecified atom stereocenters. The van der Waals surface area contributed by atoms with Gasteiger partial charge in [-0.25, -0.2) is 4.98 Å². The summed E-state index contributed by atoms with van der Waals surface area (Å²) in [6, 6.07) is 7.65. The van der Waals surface area contributed by atoms with Gasteiger partial charge >= 0.3 is 0 Å². The fourth-order valence-electron chi connectivity index (χ4n) is 2.86. The highest BCUT2D eigenvalue weighted by molar-refractivity contribution is 7.07. The summed E-state index contributed by atoms with van der Waals surface area (Å²) in [5, 5.41) is 5.13. The zero-order valence-electron chi connectivity index (χ0n) is 13.2. The largest absolute Gasteiger partial charge is 0.487 e. The van der Waals surface area contributed by atoms with E-state index in [0.717, 1.165) is 24.3 Å². The van der Waals surface area contributed by atoms with Crippen molar-refractivity contribution >= 4 is 17.2 Å². The fourth-order valence-corrected chi connectivity index (χ4v) is 3.40. The second-order valence-corrected chi connectivity index (χ2v) is 6.67. The SMILES string of the molecule is O=C(NC1CCCCCC1)c1ccc(OCc2cscn2)cc1. The molecule has 0 bridgehead atoms. The summed E-state index contributed by atoms with van der Waals surface area (Å²) in [6.07, 6.45) is 7.21. The van der Waals surface area contributed by atoms with E-state index >= 15 is 0 Å². The van der Waals surface area contributed by atoms with Crippen LogP contribution in [-0.2, 0) is 6.61 Å². The number of hydrogen-bond donors (Lipinski definition) is 1. The predicted molar refractivity (Wildman–Crippen MR) is 91.8 cm³/mol. The van der Waals surface area contributed by atoms with Crippen molar-refractivity contribution in [2.45, 2.75) is 51.2 Å². The van der Waals surface area contributed by atoms with E-state index in [-0.39, 0.29) is 5.91 Å². The minimum atomic E-state index is 0.0166. The third-order valence-electron chi connectivity index (χ3n) is 4.18. The van der Waals surface area contributed by atoms with Gasteiger partial charge in [-0.3, -0.25) is 4.79 Å². The Morgan fingerprint density at radius 1 is 1.17 bits per heavy atom. The van der Waals surface area contributed by atoms with Gasteiger partial charge in [0.1, 0.15) is 12.4 Å². The van der Waals surface area contributed by atoms with Gasteiger partial charge in [0.05, 0.1) is 11.2 Å². The third-order valence-corrected chi connectivity index (χ3v) is 4.81. The number of aromatic nitrogens is 1. The van der Waals surface area contributed by atoms with Gasteiger partial charge in [0.2, 0.25) is 0 Å². The molecule has 1 N–H and O–H groups in total. The van der Waals surface area contributed by atoms with E-state index in [2.05, 4.69) is 10.3 Å². The van der Waals surface area contributed by atoms with Crippen molar-refractivity contribution in [3.05, 3.63) is 46.4 Å². The maximum absolute atomic E-state index is 12.3. The lowest BCUT2D eigenvalue weighted by Crippen LogP contribution is -2.34. The number of ether oxygens (including phenoxy) is 1. The second-order valence-electron chi connectivity index (χ2n) is 5.95. The lowest BCUT2D eigenvalue weighted by molar-refractivity contribution is 0.0933. The molecule has 2 aromatic rings. The molecular formula is C18H22N2O2S. The number of thiazole rings is 1. The fraction of sp³-hybridized carbons (Fsp3) is 0.444. The highest BCUT2D eigenvalue weighted by atomic mass is 32.1. The van der Waals surface area contributed by atoms with Gasteiger partial charge in [0.25, 0.3) is 5.91 Å². The van der Waals surface area contributed by atoms with E-state index in [1.807, 2.05) is 29.6 Å². The molecule has 1 heterocycles. The van der Waals surface area contributed by atoms with Crippen molar-refractivity contribution in [3.63, 3.8) is 0 Å². The smallest absolute Gasteiger partial charge is 0.251 e. The first-order valence-electron chi connectivity index (χ1n) is 8.22. The number of nitrogens with zero attached hydrogens (tertiary/aromatic N) is 1. The molecule has 1 saturated carbocycles. The minimum Gasteiger partial charge on any atom is -0.487 e. The number of benzene rings is 1. The monoisotopic (exact) mass is 330 g/mol. The van der Waals surface area contributed by atoms with Gasteiger partial charge in [-0.15, -0.1) is 11.3 Å². The molecule has 1 aliphatic rings. The molecule has 1 fully saturated rings. The Bertz CT molecular complexity index is 602. The van der Waals surface area contributed by atoms with Crippen LogP contribution in [-0.4, -0.2) is 16.9 Å². The Morgan fingerprint density at radius 2 is 1.91 bits per heavy atom. The summed E-state index contributed by atoms with van der Waals surface area (Å²) in [5.74, 6) is 0.770. The summed E-state index contributed by atoms with van der Waals surface area (Å²) in [6.45, 7) is 0.455. The standard InChI is InChI=1S/C18H22N2O2S/c21-18(20-15-5-3-1-2-4-6-15)14-7-9-17(10-8-14)22-11-16-12-23-13-19-16/h7-10,12-13,15H,1-6,11H2,(H,20,21). The predicted octanol–water partition coefficient (Wildman–Crippen LogP) is 4.17. The topological polar surface area (TPSA) is 51.2 Å². The van der Waals surface area contributed by atoms with Crippen molar-refractivity contribution in [1.29, 1.82) is 0 Å². The van der Waals surface area contributed by atoms with Crippen LogP contribution in [0.5, 0.6) is 5.75 Å². The van der Waals surface area contributed by atoms with E-state index in [1.165, 1.54) is 25.7 Å². The normalized spacial score (nSPS) is 15.8. The highest BCUT2D eigenvalue weighted by Crippen LogP contribution is 2.18. The van der Waals surface area contributed by atoms with Crippen LogP contribution in [0.3, 0.4) is 0 Å². The summed E-state index contributed by atoms with van der Waals surface area (Å²) in [7, 11) is 0. The van der Waals surface area contributed by atoms with E-state index in [0.29, 0.717) is 18.2 Å². The number of nitrogens with one attached hydrogen (secondary N) is 1. The first kappa shape index (κ1) is 16.0. The summed E-state index contributed by atoms with van der Waals surface area (Å²) >= 11 is 1.55. The highest BCUT2D eigenvalue weighted by Gasteiger charge is 2.15. The Morgan fingerprint density at radius 3 is 2.57 bits per heavy atom. The average Bonchev–Trinajstić information content (AvgIpc) is 2.97. The lowest BCUT2D eigenvalue weighted by Gasteiger charge is -2.16. The van der Waals surface area contributed by atoms with Gasteiger partial charge in [-0.1, -0.05) is 25.7 Å². The van der Waals surface area contributed by atoms with Crippen LogP contribution in [0.25, 0.3) is 0 Å². The van der Waals surface area contributed by atoms with Crippen LogP contribution in [0.2, 0.25) is 0 Å². The quantitative estimate of drug-likeness (QED) is 0.837.